The Hall–Kier alpha value is -2.70. The summed E-state index contributed by atoms with van der Waals surface area (Å²) in [5, 5.41) is 23.7. The number of aliphatic hydroxyl groups excluding tert-OH is 2. The fourth-order valence-electron chi connectivity index (χ4n) is 7.32. The molecule has 0 saturated heterocycles. The van der Waals surface area contributed by atoms with Crippen LogP contribution in [0.5, 0.6) is 0 Å². The molecule has 0 heterocycles. The van der Waals surface area contributed by atoms with Gasteiger partial charge in [0, 0.05) is 6.42 Å². The number of allylic oxidation sites excluding steroid dienone is 12. The molecule has 0 aromatic rings. The minimum atomic E-state index is -0.803. The predicted octanol–water partition coefficient (Wildman–Crippen LogP) is 15.4. The monoisotopic (exact) mass is 852 g/mol. The van der Waals surface area contributed by atoms with E-state index in [9.17, 15) is 19.8 Å². The van der Waals surface area contributed by atoms with E-state index in [1.807, 2.05) is 0 Å². The number of ether oxygens (including phenoxy) is 1. The fourth-order valence-corrected chi connectivity index (χ4v) is 7.32. The maximum absolute atomic E-state index is 13.2. The van der Waals surface area contributed by atoms with Gasteiger partial charge in [-0.05, 0) is 103 Å². The molecule has 0 bridgehead atoms. The Labute approximate surface area is 377 Å². The van der Waals surface area contributed by atoms with Gasteiger partial charge in [0.25, 0.3) is 0 Å². The number of unbranched alkanes of at least 4 members (excludes halogenated alkanes) is 21. The van der Waals surface area contributed by atoms with Gasteiger partial charge in [-0.2, -0.15) is 0 Å². The minimum absolute atomic E-state index is 0.0399. The Morgan fingerprint density at radius 2 is 0.836 bits per heavy atom. The van der Waals surface area contributed by atoms with Crippen molar-refractivity contribution in [3.05, 3.63) is 72.9 Å². The molecular weight excluding hydrogens is 755 g/mol. The van der Waals surface area contributed by atoms with E-state index in [0.29, 0.717) is 19.3 Å². The van der Waals surface area contributed by atoms with Gasteiger partial charge < -0.3 is 20.3 Å². The highest BCUT2D eigenvalue weighted by molar-refractivity contribution is 5.77. The molecule has 3 atom stereocenters. The summed E-state index contributed by atoms with van der Waals surface area (Å²) in [4.78, 5) is 26.1. The number of nitrogens with one attached hydrogen (secondary N) is 1. The van der Waals surface area contributed by atoms with Gasteiger partial charge in [-0.15, -0.1) is 0 Å². The van der Waals surface area contributed by atoms with Crippen LogP contribution in [-0.2, 0) is 14.3 Å². The number of carbonyl (C=O) groups is 2. The van der Waals surface area contributed by atoms with Crippen LogP contribution in [0.25, 0.3) is 0 Å². The number of esters is 1. The molecule has 61 heavy (non-hydrogen) atoms. The quantitative estimate of drug-likeness (QED) is 0.0322. The lowest BCUT2D eigenvalue weighted by Crippen LogP contribution is -2.46. The summed E-state index contributed by atoms with van der Waals surface area (Å²) in [6.07, 6.45) is 61.0. The van der Waals surface area contributed by atoms with Crippen molar-refractivity contribution in [3.63, 3.8) is 0 Å². The van der Waals surface area contributed by atoms with Crippen LogP contribution in [0, 0.1) is 0 Å². The largest absolute Gasteiger partial charge is 0.462 e. The third-order valence-electron chi connectivity index (χ3n) is 11.3. The lowest BCUT2D eigenvalue weighted by Gasteiger charge is -2.24. The number of hydrogen-bond donors (Lipinski definition) is 3. The maximum atomic E-state index is 13.2. The zero-order chi connectivity index (χ0) is 44.5. The Kier molecular flexibility index (Phi) is 46.2. The smallest absolute Gasteiger partial charge is 0.306 e. The summed E-state index contributed by atoms with van der Waals surface area (Å²) in [7, 11) is 0. The SMILES string of the molecule is CCCCC/C=C\C/C=C\C/C=C\CCCCCCC(=O)OC(CCCC/C=C\C/C=C\C/C=C\CCCCC)CC(=O)NC(CO)C(O)CCCCCCCCCCCC. The lowest BCUT2D eigenvalue weighted by atomic mass is 10.0. The Bertz CT molecular complexity index is 1140. The topological polar surface area (TPSA) is 95.9 Å². The van der Waals surface area contributed by atoms with Crippen LogP contribution in [0.15, 0.2) is 72.9 Å². The molecule has 0 aliphatic rings. The van der Waals surface area contributed by atoms with Crippen LogP contribution in [0.4, 0.5) is 0 Å². The second-order valence-electron chi connectivity index (χ2n) is 17.2. The van der Waals surface area contributed by atoms with Crippen molar-refractivity contribution in [1.29, 1.82) is 0 Å². The third kappa shape index (κ3) is 43.7. The zero-order valence-electron chi connectivity index (χ0n) is 40.0. The summed E-state index contributed by atoms with van der Waals surface area (Å²) >= 11 is 0. The average Bonchev–Trinajstić information content (AvgIpc) is 3.25. The summed E-state index contributed by atoms with van der Waals surface area (Å²) in [6.45, 7) is 6.39. The molecule has 0 fully saturated rings. The molecule has 3 N–H and O–H groups in total. The predicted molar refractivity (Wildman–Crippen MR) is 264 cm³/mol. The summed E-state index contributed by atoms with van der Waals surface area (Å²) in [5.74, 6) is -0.540. The standard InChI is InChI=1S/C55H97NO5/c1-4-7-10-13-16-19-22-24-26-27-29-31-33-36-39-42-45-48-55(60)61-51(46-43-40-37-34-32-30-28-25-23-20-17-14-11-8-5-2)49-54(59)56-52(50-57)53(58)47-44-41-38-35-21-18-15-12-9-6-3/h16-17,19-20,24-26,28-29,31-32,34,51-53,57-58H,4-15,18,21-23,27,30,33,35-50H2,1-3H3,(H,56,59)/b19-16-,20-17-,26-24-,28-25-,31-29-,34-32-. The molecule has 0 radical (unpaired) electrons. The van der Waals surface area contributed by atoms with E-state index in [-0.39, 0.29) is 24.9 Å². The molecule has 1 amide bonds. The fraction of sp³-hybridized carbons (Fsp3) is 0.745. The first-order chi connectivity index (χ1) is 30.0. The highest BCUT2D eigenvalue weighted by Gasteiger charge is 2.24. The molecule has 0 aliphatic carbocycles. The van der Waals surface area contributed by atoms with Gasteiger partial charge >= 0.3 is 5.97 Å². The van der Waals surface area contributed by atoms with E-state index in [0.717, 1.165) is 96.3 Å². The number of amides is 1. The van der Waals surface area contributed by atoms with Crippen LogP contribution >= 0.6 is 0 Å². The van der Waals surface area contributed by atoms with Gasteiger partial charge in [0.05, 0.1) is 25.2 Å². The van der Waals surface area contributed by atoms with Gasteiger partial charge in [-0.1, -0.05) is 196 Å². The Morgan fingerprint density at radius 3 is 1.31 bits per heavy atom. The van der Waals surface area contributed by atoms with Crippen molar-refractivity contribution >= 4 is 11.9 Å². The molecule has 0 aromatic carbocycles. The van der Waals surface area contributed by atoms with E-state index in [2.05, 4.69) is 99.0 Å². The van der Waals surface area contributed by atoms with Gasteiger partial charge in [0.1, 0.15) is 6.10 Å². The van der Waals surface area contributed by atoms with Crippen LogP contribution in [-0.4, -0.2) is 46.9 Å². The van der Waals surface area contributed by atoms with Gasteiger partial charge in [0.15, 0.2) is 0 Å². The van der Waals surface area contributed by atoms with E-state index in [1.165, 1.54) is 96.3 Å². The summed E-state index contributed by atoms with van der Waals surface area (Å²) in [5.41, 5.74) is 0. The van der Waals surface area contributed by atoms with Crippen molar-refractivity contribution in [2.45, 2.75) is 257 Å². The van der Waals surface area contributed by atoms with Crippen molar-refractivity contribution in [1.82, 2.24) is 5.32 Å². The Balaban J connectivity index is 4.70. The highest BCUT2D eigenvalue weighted by atomic mass is 16.5. The minimum Gasteiger partial charge on any atom is -0.462 e. The molecular formula is C55H97NO5. The normalized spacial score (nSPS) is 13.9. The second-order valence-corrected chi connectivity index (χ2v) is 17.2. The average molecular weight is 852 g/mol. The third-order valence-corrected chi connectivity index (χ3v) is 11.3. The van der Waals surface area contributed by atoms with Gasteiger partial charge in [0.2, 0.25) is 5.91 Å². The first-order valence-corrected chi connectivity index (χ1v) is 25.7. The van der Waals surface area contributed by atoms with Crippen molar-refractivity contribution in [2.75, 3.05) is 6.61 Å². The molecule has 3 unspecified atom stereocenters. The maximum Gasteiger partial charge on any atom is 0.306 e. The molecule has 0 spiro atoms. The summed E-state index contributed by atoms with van der Waals surface area (Å²) < 4.78 is 5.90. The van der Waals surface area contributed by atoms with Gasteiger partial charge in [-0.3, -0.25) is 9.59 Å². The molecule has 6 heteroatoms. The molecule has 0 aromatic heterocycles. The first-order valence-electron chi connectivity index (χ1n) is 25.7. The molecule has 0 saturated carbocycles. The molecule has 0 aliphatic heterocycles. The zero-order valence-corrected chi connectivity index (χ0v) is 40.0. The number of aliphatic hydroxyl groups is 2. The van der Waals surface area contributed by atoms with Crippen LogP contribution in [0.2, 0.25) is 0 Å². The van der Waals surface area contributed by atoms with E-state index >= 15 is 0 Å². The molecule has 6 nitrogen and oxygen atoms in total. The number of hydrogen-bond acceptors (Lipinski definition) is 5. The molecule has 0 rings (SSSR count). The number of rotatable bonds is 45. The van der Waals surface area contributed by atoms with Crippen LogP contribution in [0.3, 0.4) is 0 Å². The van der Waals surface area contributed by atoms with Crippen LogP contribution < -0.4 is 5.32 Å². The van der Waals surface area contributed by atoms with Gasteiger partial charge in [-0.25, -0.2) is 0 Å². The van der Waals surface area contributed by atoms with E-state index in [4.69, 9.17) is 4.74 Å². The van der Waals surface area contributed by atoms with Crippen molar-refractivity contribution in [2.24, 2.45) is 0 Å². The lowest BCUT2D eigenvalue weighted by molar-refractivity contribution is -0.151. The van der Waals surface area contributed by atoms with Crippen molar-refractivity contribution in [3.8, 4) is 0 Å². The second kappa shape index (κ2) is 48.3. The van der Waals surface area contributed by atoms with Crippen molar-refractivity contribution < 1.29 is 24.5 Å². The van der Waals surface area contributed by atoms with E-state index in [1.54, 1.807) is 0 Å². The Morgan fingerprint density at radius 1 is 0.475 bits per heavy atom. The number of carbonyl (C=O) groups excluding carboxylic acids is 2. The highest BCUT2D eigenvalue weighted by Crippen LogP contribution is 2.16. The van der Waals surface area contributed by atoms with Crippen LogP contribution in [0.1, 0.15) is 239 Å². The molecule has 352 valence electrons. The summed E-state index contributed by atoms with van der Waals surface area (Å²) in [6, 6.07) is -0.720. The first kappa shape index (κ1) is 58.3. The van der Waals surface area contributed by atoms with E-state index < -0.39 is 18.2 Å².